The third-order valence-electron chi connectivity index (χ3n) is 4.17. The van der Waals surface area contributed by atoms with E-state index in [2.05, 4.69) is 10.6 Å². The van der Waals surface area contributed by atoms with Crippen molar-refractivity contribution in [3.8, 4) is 0 Å². The maximum Gasteiger partial charge on any atom is 0.319 e. The smallest absolute Gasteiger partial charge is 0.319 e. The molecule has 23 heavy (non-hydrogen) atoms. The zero-order valence-corrected chi connectivity index (χ0v) is 13.3. The summed E-state index contributed by atoms with van der Waals surface area (Å²) in [6, 6.07) is 4.99. The fraction of sp³-hybridized carbons (Fsp3) is 0.529. The summed E-state index contributed by atoms with van der Waals surface area (Å²) >= 11 is 0. The molecule has 6 heteroatoms. The quantitative estimate of drug-likeness (QED) is 0.838. The van der Waals surface area contributed by atoms with E-state index in [4.69, 9.17) is 4.74 Å². The number of rotatable bonds is 3. The lowest BCUT2D eigenvalue weighted by Gasteiger charge is -2.28. The van der Waals surface area contributed by atoms with Crippen LogP contribution in [0.4, 0.5) is 14.9 Å². The number of nitrogens with one attached hydrogen (secondary N) is 2. The Hall–Kier alpha value is -2.11. The molecule has 0 saturated heterocycles. The largest absolute Gasteiger partial charge is 0.469 e. The number of benzene rings is 1. The first kappa shape index (κ1) is 17.2. The molecule has 1 aromatic carbocycles. The Labute approximate surface area is 135 Å². The van der Waals surface area contributed by atoms with Crippen molar-refractivity contribution in [1.29, 1.82) is 0 Å². The SMILES string of the molecule is COC(=O)C1CCCCCCC1NC(=O)Nc1cccc(F)c1. The fourth-order valence-corrected chi connectivity index (χ4v) is 2.99. The average molecular weight is 322 g/mol. The first-order chi connectivity index (χ1) is 11.1. The van der Waals surface area contributed by atoms with E-state index in [1.165, 1.54) is 25.3 Å². The third kappa shape index (κ3) is 5.23. The number of anilines is 1. The molecule has 0 spiro atoms. The van der Waals surface area contributed by atoms with E-state index in [0.717, 1.165) is 32.1 Å². The van der Waals surface area contributed by atoms with Gasteiger partial charge in [0.2, 0.25) is 0 Å². The number of ether oxygens (including phenoxy) is 1. The maximum absolute atomic E-state index is 13.2. The van der Waals surface area contributed by atoms with Crippen molar-refractivity contribution in [2.45, 2.75) is 44.6 Å². The molecule has 0 bridgehead atoms. The molecule has 1 aromatic rings. The lowest BCUT2D eigenvalue weighted by Crippen LogP contribution is -2.45. The number of carbonyl (C=O) groups excluding carboxylic acids is 2. The van der Waals surface area contributed by atoms with Gasteiger partial charge in [-0.2, -0.15) is 0 Å². The molecule has 5 nitrogen and oxygen atoms in total. The van der Waals surface area contributed by atoms with Crippen molar-refractivity contribution >= 4 is 17.7 Å². The predicted octanol–water partition coefficient (Wildman–Crippen LogP) is 3.46. The number of amides is 2. The summed E-state index contributed by atoms with van der Waals surface area (Å²) in [7, 11) is 1.37. The van der Waals surface area contributed by atoms with Crippen LogP contribution in [0.25, 0.3) is 0 Å². The molecule has 2 amide bonds. The summed E-state index contributed by atoms with van der Waals surface area (Å²) in [5.41, 5.74) is 0.378. The molecule has 1 fully saturated rings. The molecule has 2 atom stereocenters. The van der Waals surface area contributed by atoms with Crippen LogP contribution in [-0.2, 0) is 9.53 Å². The Morgan fingerprint density at radius 3 is 2.61 bits per heavy atom. The minimum Gasteiger partial charge on any atom is -0.469 e. The van der Waals surface area contributed by atoms with E-state index in [-0.39, 0.29) is 17.9 Å². The second-order valence-electron chi connectivity index (χ2n) is 5.84. The highest BCUT2D eigenvalue weighted by Gasteiger charge is 2.30. The lowest BCUT2D eigenvalue weighted by atomic mass is 9.87. The van der Waals surface area contributed by atoms with Gasteiger partial charge in [0.15, 0.2) is 0 Å². The Balaban J connectivity index is 2.00. The number of hydrogen-bond acceptors (Lipinski definition) is 3. The van der Waals surface area contributed by atoms with Crippen LogP contribution in [0.1, 0.15) is 38.5 Å². The van der Waals surface area contributed by atoms with Gasteiger partial charge in [-0.25, -0.2) is 9.18 Å². The minimum atomic E-state index is -0.435. The minimum absolute atomic E-state index is 0.267. The molecule has 2 rings (SSSR count). The van der Waals surface area contributed by atoms with Gasteiger partial charge >= 0.3 is 12.0 Å². The molecule has 126 valence electrons. The van der Waals surface area contributed by atoms with Crippen molar-refractivity contribution in [3.63, 3.8) is 0 Å². The van der Waals surface area contributed by atoms with Gasteiger partial charge < -0.3 is 15.4 Å². The third-order valence-corrected chi connectivity index (χ3v) is 4.17. The number of hydrogen-bond donors (Lipinski definition) is 2. The maximum atomic E-state index is 13.2. The van der Waals surface area contributed by atoms with Gasteiger partial charge in [0.25, 0.3) is 0 Å². The molecular weight excluding hydrogens is 299 g/mol. The van der Waals surface area contributed by atoms with Crippen molar-refractivity contribution in [3.05, 3.63) is 30.1 Å². The topological polar surface area (TPSA) is 67.4 Å². The van der Waals surface area contributed by atoms with Gasteiger partial charge in [0, 0.05) is 11.7 Å². The number of esters is 1. The second-order valence-corrected chi connectivity index (χ2v) is 5.84. The van der Waals surface area contributed by atoms with Crippen LogP contribution in [-0.4, -0.2) is 25.2 Å². The van der Waals surface area contributed by atoms with E-state index < -0.39 is 11.8 Å². The summed E-state index contributed by atoms with van der Waals surface area (Å²) in [4.78, 5) is 24.1. The van der Waals surface area contributed by atoms with Gasteiger partial charge in [0.1, 0.15) is 5.82 Å². The molecule has 0 aromatic heterocycles. The van der Waals surface area contributed by atoms with E-state index >= 15 is 0 Å². The standard InChI is InChI=1S/C17H23FN2O3/c1-23-16(21)14-9-4-2-3-5-10-15(14)20-17(22)19-13-8-6-7-12(18)11-13/h6-8,11,14-15H,2-5,9-10H2,1H3,(H2,19,20,22). The van der Waals surface area contributed by atoms with Gasteiger partial charge in [-0.1, -0.05) is 31.7 Å². The average Bonchev–Trinajstić information content (AvgIpc) is 2.49. The Morgan fingerprint density at radius 1 is 1.17 bits per heavy atom. The van der Waals surface area contributed by atoms with Crippen LogP contribution in [0.3, 0.4) is 0 Å². The van der Waals surface area contributed by atoms with E-state index in [1.54, 1.807) is 6.07 Å². The van der Waals surface area contributed by atoms with Crippen molar-refractivity contribution in [2.24, 2.45) is 5.92 Å². The number of urea groups is 1. The van der Waals surface area contributed by atoms with Gasteiger partial charge in [-0.05, 0) is 31.0 Å². The van der Waals surface area contributed by atoms with Crippen molar-refractivity contribution < 1.29 is 18.7 Å². The molecule has 0 radical (unpaired) electrons. The Bertz CT molecular complexity index is 550. The zero-order chi connectivity index (χ0) is 16.7. The predicted molar refractivity (Wildman–Crippen MR) is 85.6 cm³/mol. The molecule has 1 saturated carbocycles. The highest BCUT2D eigenvalue weighted by Crippen LogP contribution is 2.24. The van der Waals surface area contributed by atoms with Gasteiger partial charge in [-0.3, -0.25) is 4.79 Å². The Morgan fingerprint density at radius 2 is 1.91 bits per heavy atom. The zero-order valence-electron chi connectivity index (χ0n) is 13.3. The fourth-order valence-electron chi connectivity index (χ4n) is 2.99. The van der Waals surface area contributed by atoms with Gasteiger partial charge in [0.05, 0.1) is 13.0 Å². The summed E-state index contributed by atoms with van der Waals surface area (Å²) in [6.45, 7) is 0. The molecule has 1 aliphatic carbocycles. The van der Waals surface area contributed by atoms with Crippen LogP contribution in [0.15, 0.2) is 24.3 Å². The number of halogens is 1. The highest BCUT2D eigenvalue weighted by molar-refractivity contribution is 5.89. The molecule has 2 unspecified atom stereocenters. The summed E-state index contributed by atoms with van der Waals surface area (Å²) < 4.78 is 18.0. The van der Waals surface area contributed by atoms with Crippen LogP contribution in [0.5, 0.6) is 0 Å². The summed E-state index contributed by atoms with van der Waals surface area (Å²) in [6.07, 6.45) is 5.53. The van der Waals surface area contributed by atoms with Crippen molar-refractivity contribution in [1.82, 2.24) is 5.32 Å². The summed E-state index contributed by atoms with van der Waals surface area (Å²) in [5.74, 6) is -1.04. The first-order valence-electron chi connectivity index (χ1n) is 8.01. The van der Waals surface area contributed by atoms with Crippen LogP contribution >= 0.6 is 0 Å². The van der Waals surface area contributed by atoms with Crippen LogP contribution in [0, 0.1) is 11.7 Å². The molecule has 0 aliphatic heterocycles. The van der Waals surface area contributed by atoms with Crippen LogP contribution in [0.2, 0.25) is 0 Å². The highest BCUT2D eigenvalue weighted by atomic mass is 19.1. The van der Waals surface area contributed by atoms with E-state index in [0.29, 0.717) is 12.1 Å². The number of methoxy groups -OCH3 is 1. The normalized spacial score (nSPS) is 21.7. The van der Waals surface area contributed by atoms with E-state index in [1.807, 2.05) is 0 Å². The molecule has 0 heterocycles. The Kier molecular flexibility index (Phi) is 6.38. The monoisotopic (exact) mass is 322 g/mol. The second kappa shape index (κ2) is 8.50. The van der Waals surface area contributed by atoms with Gasteiger partial charge in [-0.15, -0.1) is 0 Å². The lowest BCUT2D eigenvalue weighted by molar-refractivity contribution is -0.146. The summed E-state index contributed by atoms with van der Waals surface area (Å²) in [5, 5.41) is 5.45. The number of carbonyl (C=O) groups is 2. The van der Waals surface area contributed by atoms with Crippen molar-refractivity contribution in [2.75, 3.05) is 12.4 Å². The molecule has 2 N–H and O–H groups in total. The first-order valence-corrected chi connectivity index (χ1v) is 8.01. The molecular formula is C17H23FN2O3. The molecule has 1 aliphatic rings. The van der Waals surface area contributed by atoms with E-state index in [9.17, 15) is 14.0 Å². The van der Waals surface area contributed by atoms with Crippen LogP contribution < -0.4 is 10.6 Å².